The van der Waals surface area contributed by atoms with Gasteiger partial charge in [0.25, 0.3) is 0 Å². The van der Waals surface area contributed by atoms with Gasteiger partial charge in [0.05, 0.1) is 9.53 Å². The number of aromatic nitrogens is 1. The maximum Gasteiger partial charge on any atom is 0.102 e. The average molecular weight is 161 g/mol. The minimum absolute atomic E-state index is 0.527. The van der Waals surface area contributed by atoms with Crippen LogP contribution in [-0.2, 0) is 0 Å². The Balaban J connectivity index is 3.34. The van der Waals surface area contributed by atoms with Gasteiger partial charge in [0.1, 0.15) is 5.82 Å². The van der Waals surface area contributed by atoms with Crippen molar-refractivity contribution in [1.29, 1.82) is 0 Å². The first-order valence-electron chi connectivity index (χ1n) is 2.34. The second-order valence-corrected chi connectivity index (χ2v) is 2.45. The van der Waals surface area contributed by atoms with Gasteiger partial charge < -0.3 is 10.7 Å². The Kier molecular flexibility index (Phi) is 1.73. The van der Waals surface area contributed by atoms with E-state index in [1.165, 1.54) is 0 Å². The van der Waals surface area contributed by atoms with Gasteiger partial charge >= 0.3 is 0 Å². The van der Waals surface area contributed by atoms with E-state index in [1.807, 2.05) is 0 Å². The molecule has 0 amide bonds. The summed E-state index contributed by atoms with van der Waals surface area (Å²) < 4.78 is 0.577. The topological polar surface area (TPSA) is 41.8 Å². The molecule has 0 spiro atoms. The maximum atomic E-state index is 5.59. The van der Waals surface area contributed by atoms with Gasteiger partial charge in [-0.1, -0.05) is 23.8 Å². The molecule has 0 bridgehead atoms. The summed E-state index contributed by atoms with van der Waals surface area (Å²) in [7, 11) is 0. The summed E-state index contributed by atoms with van der Waals surface area (Å²) in [5.41, 5.74) is 5.35. The molecule has 0 radical (unpaired) electrons. The number of anilines is 1. The van der Waals surface area contributed by atoms with Crippen LogP contribution in [0.2, 0.25) is 5.02 Å². The highest BCUT2D eigenvalue weighted by Gasteiger charge is 1.88. The number of pyridine rings is 1. The van der Waals surface area contributed by atoms with E-state index in [9.17, 15) is 0 Å². The fourth-order valence-electron chi connectivity index (χ4n) is 0.470. The molecule has 0 aliphatic rings. The first kappa shape index (κ1) is 6.58. The fourth-order valence-corrected chi connectivity index (χ4v) is 0.765. The predicted molar refractivity (Wildman–Crippen MR) is 41.0 cm³/mol. The molecule has 3 N–H and O–H groups in total. The van der Waals surface area contributed by atoms with Gasteiger partial charge in [0, 0.05) is 6.20 Å². The summed E-state index contributed by atoms with van der Waals surface area (Å²) in [6.07, 6.45) is 1.57. The predicted octanol–water partition coefficient (Wildman–Crippen LogP) is 1.98. The molecule has 4 heteroatoms. The Bertz CT molecular complexity index is 268. The van der Waals surface area contributed by atoms with Crippen molar-refractivity contribution >= 4 is 29.6 Å². The van der Waals surface area contributed by atoms with Crippen molar-refractivity contribution in [2.75, 3.05) is 5.73 Å². The van der Waals surface area contributed by atoms with Crippen molar-refractivity contribution in [2.24, 2.45) is 0 Å². The molecule has 0 unspecified atom stereocenters. The van der Waals surface area contributed by atoms with Gasteiger partial charge in [-0.25, -0.2) is 0 Å². The number of nitrogens with two attached hydrogens (primary N) is 1. The lowest BCUT2D eigenvalue weighted by molar-refractivity contribution is 1.33. The third-order valence-electron chi connectivity index (χ3n) is 0.888. The van der Waals surface area contributed by atoms with Crippen molar-refractivity contribution < 1.29 is 0 Å². The SMILES string of the molecule is Nc1cc(=S)c(Cl)c[nH]1. The molecule has 1 heterocycles. The largest absolute Gasteiger partial charge is 0.385 e. The van der Waals surface area contributed by atoms with E-state index in [2.05, 4.69) is 4.98 Å². The molecule has 0 saturated carbocycles. The number of nitrogen functional groups attached to an aromatic ring is 1. The summed E-state index contributed by atoms with van der Waals surface area (Å²) in [5, 5.41) is 0.527. The van der Waals surface area contributed by atoms with E-state index >= 15 is 0 Å². The molecule has 48 valence electrons. The second kappa shape index (κ2) is 2.37. The molecule has 2 nitrogen and oxygen atoms in total. The molecule has 1 rings (SSSR count). The number of H-pyrrole nitrogens is 1. The van der Waals surface area contributed by atoms with E-state index in [0.717, 1.165) is 0 Å². The van der Waals surface area contributed by atoms with E-state index in [0.29, 0.717) is 15.4 Å². The maximum absolute atomic E-state index is 5.59. The zero-order chi connectivity index (χ0) is 6.85. The zero-order valence-corrected chi connectivity index (χ0v) is 6.09. The number of halogens is 1. The van der Waals surface area contributed by atoms with Crippen molar-refractivity contribution in [3.63, 3.8) is 0 Å². The smallest absolute Gasteiger partial charge is 0.102 e. The van der Waals surface area contributed by atoms with Crippen LogP contribution in [0.4, 0.5) is 5.82 Å². The van der Waals surface area contributed by atoms with Crippen LogP contribution in [0.25, 0.3) is 0 Å². The van der Waals surface area contributed by atoms with Crippen molar-refractivity contribution in [2.45, 2.75) is 0 Å². The molecular formula is C5H5ClN2S. The summed E-state index contributed by atoms with van der Waals surface area (Å²) in [5.74, 6) is 0.532. The lowest BCUT2D eigenvalue weighted by Gasteiger charge is -1.91. The van der Waals surface area contributed by atoms with Crippen LogP contribution in [0.5, 0.6) is 0 Å². The first-order chi connectivity index (χ1) is 4.20. The molecule has 0 aromatic carbocycles. The van der Waals surface area contributed by atoms with Gasteiger partial charge in [-0.15, -0.1) is 0 Å². The van der Waals surface area contributed by atoms with E-state index < -0.39 is 0 Å². The number of hydrogen-bond donors (Lipinski definition) is 2. The van der Waals surface area contributed by atoms with Crippen LogP contribution in [0.15, 0.2) is 12.3 Å². The van der Waals surface area contributed by atoms with Crippen LogP contribution in [0, 0.1) is 4.51 Å². The van der Waals surface area contributed by atoms with E-state index in [1.54, 1.807) is 12.3 Å². The molecule has 1 aromatic rings. The molecular weight excluding hydrogens is 156 g/mol. The van der Waals surface area contributed by atoms with Crippen molar-refractivity contribution in [3.8, 4) is 0 Å². The third-order valence-corrected chi connectivity index (χ3v) is 1.65. The van der Waals surface area contributed by atoms with E-state index in [-0.39, 0.29) is 0 Å². The molecule has 0 saturated heterocycles. The summed E-state index contributed by atoms with van der Waals surface area (Å²) >= 11 is 10.4. The minimum Gasteiger partial charge on any atom is -0.385 e. The Labute approximate surface area is 62.7 Å². The lowest BCUT2D eigenvalue weighted by Crippen LogP contribution is -1.87. The van der Waals surface area contributed by atoms with Gasteiger partial charge in [0.2, 0.25) is 0 Å². The molecule has 0 aliphatic heterocycles. The van der Waals surface area contributed by atoms with Crippen LogP contribution in [0.3, 0.4) is 0 Å². The number of nitrogens with one attached hydrogen (secondary N) is 1. The van der Waals surface area contributed by atoms with Gasteiger partial charge in [-0.05, 0) is 6.07 Å². The van der Waals surface area contributed by atoms with E-state index in [4.69, 9.17) is 29.6 Å². The van der Waals surface area contributed by atoms with Crippen LogP contribution < -0.4 is 5.73 Å². The Morgan fingerprint density at radius 3 is 2.78 bits per heavy atom. The van der Waals surface area contributed by atoms with Gasteiger partial charge in [-0.2, -0.15) is 0 Å². The summed E-state index contributed by atoms with van der Waals surface area (Å²) in [6.45, 7) is 0. The summed E-state index contributed by atoms with van der Waals surface area (Å²) in [6, 6.07) is 1.61. The highest BCUT2D eigenvalue weighted by Crippen LogP contribution is 2.10. The zero-order valence-electron chi connectivity index (χ0n) is 4.52. The Morgan fingerprint density at radius 2 is 2.33 bits per heavy atom. The number of aromatic amines is 1. The highest BCUT2D eigenvalue weighted by atomic mass is 35.5. The summed E-state index contributed by atoms with van der Waals surface area (Å²) in [4.78, 5) is 2.72. The molecule has 0 aliphatic carbocycles. The van der Waals surface area contributed by atoms with Crippen molar-refractivity contribution in [3.05, 3.63) is 21.8 Å². The quantitative estimate of drug-likeness (QED) is 0.570. The third kappa shape index (κ3) is 1.43. The number of hydrogen-bond acceptors (Lipinski definition) is 2. The normalized spacial score (nSPS) is 9.44. The number of rotatable bonds is 0. The van der Waals surface area contributed by atoms with Crippen LogP contribution in [0.1, 0.15) is 0 Å². The molecule has 0 fully saturated rings. The van der Waals surface area contributed by atoms with Crippen LogP contribution in [-0.4, -0.2) is 4.98 Å². The molecule has 1 aromatic heterocycles. The molecule has 9 heavy (non-hydrogen) atoms. The molecule has 0 atom stereocenters. The van der Waals surface area contributed by atoms with Crippen molar-refractivity contribution in [1.82, 2.24) is 4.98 Å². The second-order valence-electron chi connectivity index (χ2n) is 1.60. The Morgan fingerprint density at radius 1 is 1.67 bits per heavy atom. The van der Waals surface area contributed by atoms with Crippen LogP contribution >= 0.6 is 23.8 Å². The minimum atomic E-state index is 0.527. The monoisotopic (exact) mass is 160 g/mol. The van der Waals surface area contributed by atoms with Gasteiger partial charge in [-0.3, -0.25) is 0 Å². The first-order valence-corrected chi connectivity index (χ1v) is 3.12. The fraction of sp³-hybridized carbons (Fsp3) is 0. The van der Waals surface area contributed by atoms with Gasteiger partial charge in [0.15, 0.2) is 0 Å². The lowest BCUT2D eigenvalue weighted by atomic mass is 10.5. The average Bonchev–Trinajstić information content (AvgIpc) is 1.80. The standard InChI is InChI=1S/C5H5ClN2S/c6-3-2-8-5(7)1-4(3)9/h1-2H,(H3,7,8,9). The Hall–Kier alpha value is -0.540. The highest BCUT2D eigenvalue weighted by molar-refractivity contribution is 7.71.